The van der Waals surface area contributed by atoms with Crippen LogP contribution in [-0.4, -0.2) is 79.0 Å². The lowest BCUT2D eigenvalue weighted by molar-refractivity contribution is -0.119. The van der Waals surface area contributed by atoms with Gasteiger partial charge in [-0.3, -0.25) is 4.79 Å². The Hall–Kier alpha value is -4.75. The van der Waals surface area contributed by atoms with E-state index in [2.05, 4.69) is 15.6 Å². The summed E-state index contributed by atoms with van der Waals surface area (Å²) in [4.78, 5) is 34.2. The van der Waals surface area contributed by atoms with Crippen LogP contribution in [-0.2, 0) is 17.9 Å². The van der Waals surface area contributed by atoms with Crippen LogP contribution in [0.1, 0.15) is 31.0 Å². The Kier molecular flexibility index (Phi) is 10.3. The zero-order chi connectivity index (χ0) is 34.7. The van der Waals surface area contributed by atoms with Crippen LogP contribution in [0.2, 0.25) is 10.0 Å². The molecule has 3 aromatic heterocycles. The number of pyridine rings is 1. The summed E-state index contributed by atoms with van der Waals surface area (Å²) in [5.41, 5.74) is 6.02. The number of carbonyl (C=O) groups excluding carboxylic acids is 1. The molecular weight excluding hydrogens is 669 g/mol. The van der Waals surface area contributed by atoms with Crippen LogP contribution in [0.3, 0.4) is 0 Å². The monoisotopic (exact) mass is 703 g/mol. The predicted molar refractivity (Wildman–Crippen MR) is 187 cm³/mol. The molecule has 2 amide bonds. The average Bonchev–Trinajstić information content (AvgIpc) is 3.69. The normalized spacial score (nSPS) is 15.0. The van der Waals surface area contributed by atoms with Gasteiger partial charge < -0.3 is 30.5 Å². The molecule has 0 radical (unpaired) electrons. The van der Waals surface area contributed by atoms with E-state index in [0.717, 1.165) is 5.69 Å². The first-order valence-electron chi connectivity index (χ1n) is 15.7. The van der Waals surface area contributed by atoms with Gasteiger partial charge in [-0.05, 0) is 37.6 Å². The number of fused-ring (bicyclic) bond motifs is 1. The molecule has 5 aromatic rings. The molecule has 1 aliphatic rings. The first-order valence-corrected chi connectivity index (χ1v) is 16.5. The van der Waals surface area contributed by atoms with Crippen molar-refractivity contribution in [2.75, 3.05) is 20.2 Å². The number of methoxy groups -OCH3 is 1. The van der Waals surface area contributed by atoms with Gasteiger partial charge in [0.1, 0.15) is 0 Å². The highest BCUT2D eigenvalue weighted by Gasteiger charge is 2.26. The fraction of sp³-hybridized carbons (Fsp3) is 0.286. The number of benzene rings is 2. The summed E-state index contributed by atoms with van der Waals surface area (Å²) in [6, 6.07) is 18.3. The summed E-state index contributed by atoms with van der Waals surface area (Å²) in [7, 11) is 1.48. The van der Waals surface area contributed by atoms with E-state index in [1.165, 1.54) is 12.0 Å². The van der Waals surface area contributed by atoms with Gasteiger partial charge >= 0.3 is 6.09 Å². The third-order valence-corrected chi connectivity index (χ3v) is 9.06. The molecule has 1 aliphatic heterocycles. The van der Waals surface area contributed by atoms with E-state index in [1.54, 1.807) is 23.6 Å². The second kappa shape index (κ2) is 14.8. The molecule has 2 atom stereocenters. The summed E-state index contributed by atoms with van der Waals surface area (Å²) < 4.78 is 7.29. The van der Waals surface area contributed by atoms with Gasteiger partial charge in [-0.2, -0.15) is 5.10 Å². The maximum Gasteiger partial charge on any atom is 0.407 e. The second-order valence-corrected chi connectivity index (χ2v) is 12.7. The van der Waals surface area contributed by atoms with Gasteiger partial charge in [0.05, 0.1) is 53.1 Å². The largest absolute Gasteiger partial charge is 0.481 e. The number of rotatable bonds is 12. The summed E-state index contributed by atoms with van der Waals surface area (Å²) in [5, 5.41) is 31.0. The van der Waals surface area contributed by atoms with Crippen LogP contribution in [0.25, 0.3) is 39.3 Å². The number of carboxylic acid groups (broad SMARTS) is 1. The molecule has 0 saturated carbocycles. The highest BCUT2D eigenvalue weighted by Crippen LogP contribution is 2.42. The minimum atomic E-state index is -1.10. The number of hydrogen-bond donors (Lipinski definition) is 4. The van der Waals surface area contributed by atoms with E-state index in [-0.39, 0.29) is 30.9 Å². The van der Waals surface area contributed by atoms with Crippen molar-refractivity contribution in [3.63, 3.8) is 0 Å². The molecule has 49 heavy (non-hydrogen) atoms. The molecule has 0 unspecified atom stereocenters. The number of aliphatic hydroxyl groups is 1. The van der Waals surface area contributed by atoms with Gasteiger partial charge in [-0.1, -0.05) is 59.6 Å². The van der Waals surface area contributed by atoms with E-state index < -0.39 is 12.2 Å². The van der Waals surface area contributed by atoms with Crippen LogP contribution in [0.5, 0.6) is 5.88 Å². The fourth-order valence-electron chi connectivity index (χ4n) is 5.86. The van der Waals surface area contributed by atoms with Crippen molar-refractivity contribution in [1.82, 2.24) is 35.1 Å². The van der Waals surface area contributed by atoms with Gasteiger partial charge in [0.2, 0.25) is 11.8 Å². The molecule has 12 nitrogen and oxygen atoms in total. The molecule has 2 aromatic carbocycles. The summed E-state index contributed by atoms with van der Waals surface area (Å²) in [6.45, 7) is 2.88. The molecule has 254 valence electrons. The van der Waals surface area contributed by atoms with E-state index in [0.29, 0.717) is 80.8 Å². The fourth-order valence-corrected chi connectivity index (χ4v) is 6.51. The molecule has 4 N–H and O–H groups in total. The zero-order valence-electron chi connectivity index (χ0n) is 26.9. The third kappa shape index (κ3) is 7.62. The standard InChI is InChI=1S/C35H35Cl2N7O5/c1-20(45)15-38-16-23-19-44-30(39-23)13-12-29(42-44)27-8-4-6-25(33(27)37)24-5-3-7-26(32(24)36)28-11-9-21(34(41-28)49-2)17-43(35(47)48)18-22-10-14-31(46)40-22/h3-9,11-13,19-20,22,38,45H,10,14-18H2,1-2H3,(H,40,46)(H,47,48)/t20-,22-/m0/s1. The number of ether oxygens (including phenoxy) is 1. The van der Waals surface area contributed by atoms with Crippen molar-refractivity contribution >= 4 is 40.8 Å². The molecule has 6 rings (SSSR count). The van der Waals surface area contributed by atoms with Crippen molar-refractivity contribution in [2.24, 2.45) is 0 Å². The Labute approximate surface area is 292 Å². The summed E-state index contributed by atoms with van der Waals surface area (Å²) in [6.07, 6.45) is 1.25. The third-order valence-electron chi connectivity index (χ3n) is 8.25. The number of nitrogens with zero attached hydrogens (tertiary/aromatic N) is 5. The van der Waals surface area contributed by atoms with E-state index in [1.807, 2.05) is 54.7 Å². The number of aromatic nitrogens is 4. The van der Waals surface area contributed by atoms with Crippen molar-refractivity contribution < 1.29 is 24.5 Å². The number of carbonyl (C=O) groups is 2. The van der Waals surface area contributed by atoms with Crippen LogP contribution in [0.15, 0.2) is 66.9 Å². The van der Waals surface area contributed by atoms with Gasteiger partial charge in [0.15, 0.2) is 5.65 Å². The lowest BCUT2D eigenvalue weighted by Crippen LogP contribution is -2.41. The van der Waals surface area contributed by atoms with E-state index in [4.69, 9.17) is 38.0 Å². The maximum atomic E-state index is 12.0. The molecule has 1 saturated heterocycles. The second-order valence-electron chi connectivity index (χ2n) is 11.9. The molecular formula is C35H35Cl2N7O5. The Morgan fingerprint density at radius 1 is 1.04 bits per heavy atom. The summed E-state index contributed by atoms with van der Waals surface area (Å²) in [5.74, 6) is 0.190. The Morgan fingerprint density at radius 2 is 1.71 bits per heavy atom. The molecule has 1 fully saturated rings. The van der Waals surface area contributed by atoms with Gasteiger partial charge in [-0.25, -0.2) is 19.3 Å². The topological polar surface area (TPSA) is 154 Å². The van der Waals surface area contributed by atoms with Crippen LogP contribution in [0, 0.1) is 0 Å². The SMILES string of the molecule is COc1nc(-c2cccc(-c3cccc(-c4ccc5nc(CNC[C@H](C)O)cn5n4)c3Cl)c2Cl)ccc1CN(C[C@@H]1CCC(=O)N1)C(=O)O. The van der Waals surface area contributed by atoms with Crippen LogP contribution in [0.4, 0.5) is 4.79 Å². The maximum absolute atomic E-state index is 12.0. The number of halogens is 2. The molecule has 0 aliphatic carbocycles. The first kappa shape index (κ1) is 34.1. The van der Waals surface area contributed by atoms with Crippen molar-refractivity contribution in [3.05, 3.63) is 88.2 Å². The number of amides is 2. The predicted octanol–water partition coefficient (Wildman–Crippen LogP) is 5.67. The smallest absolute Gasteiger partial charge is 0.407 e. The van der Waals surface area contributed by atoms with Crippen molar-refractivity contribution in [2.45, 2.75) is 45.0 Å². The minimum Gasteiger partial charge on any atom is -0.481 e. The van der Waals surface area contributed by atoms with Crippen LogP contribution >= 0.6 is 23.2 Å². The highest BCUT2D eigenvalue weighted by molar-refractivity contribution is 6.39. The Morgan fingerprint density at radius 3 is 2.35 bits per heavy atom. The Balaban J connectivity index is 1.27. The average molecular weight is 705 g/mol. The van der Waals surface area contributed by atoms with Crippen molar-refractivity contribution in [3.8, 4) is 39.5 Å². The zero-order valence-corrected chi connectivity index (χ0v) is 28.4. The minimum absolute atomic E-state index is 0.0361. The van der Waals surface area contributed by atoms with E-state index in [9.17, 15) is 19.8 Å². The summed E-state index contributed by atoms with van der Waals surface area (Å²) >= 11 is 14.1. The number of aliphatic hydroxyl groups excluding tert-OH is 1. The molecule has 0 spiro atoms. The quantitative estimate of drug-likeness (QED) is 0.129. The lowest BCUT2D eigenvalue weighted by atomic mass is 9.98. The van der Waals surface area contributed by atoms with Crippen LogP contribution < -0.4 is 15.4 Å². The highest BCUT2D eigenvalue weighted by atomic mass is 35.5. The lowest BCUT2D eigenvalue weighted by Gasteiger charge is -2.23. The molecule has 4 heterocycles. The first-order chi connectivity index (χ1) is 23.6. The van der Waals surface area contributed by atoms with Gasteiger partial charge in [0.25, 0.3) is 0 Å². The van der Waals surface area contributed by atoms with Gasteiger partial charge in [0, 0.05) is 59.9 Å². The number of nitrogens with one attached hydrogen (secondary N) is 2. The molecule has 14 heteroatoms. The van der Waals surface area contributed by atoms with Crippen molar-refractivity contribution in [1.29, 1.82) is 0 Å². The number of imidazole rings is 1. The molecule has 0 bridgehead atoms. The number of hydrogen-bond acceptors (Lipinski definition) is 8. The van der Waals surface area contributed by atoms with Gasteiger partial charge in [-0.15, -0.1) is 0 Å². The van der Waals surface area contributed by atoms with E-state index >= 15 is 0 Å². The Bertz CT molecular complexity index is 2020.